The molecular weight excluding hydrogens is 495 g/mol. The minimum atomic E-state index is -0.0304. The van der Waals surface area contributed by atoms with E-state index in [1.54, 1.807) is 60.9 Å². The normalized spacial score (nSPS) is 9.70. The first-order valence-corrected chi connectivity index (χ1v) is 9.14. The second-order valence-corrected chi connectivity index (χ2v) is 5.97. The molecule has 0 N–H and O–H groups in total. The average molecular weight is 513 g/mol. The van der Waals surface area contributed by atoms with E-state index in [4.69, 9.17) is 0 Å². The van der Waals surface area contributed by atoms with Gasteiger partial charge in [0.2, 0.25) is 0 Å². The van der Waals surface area contributed by atoms with Crippen molar-refractivity contribution in [3.63, 3.8) is 0 Å². The SMILES string of the molecule is [Cl-].[Cl-].[O-]c1ccccc1/C=N/c1ccccn1.[O-]c1ccccc1/C=N/c1ccccn1.[Ti+4]. The van der Waals surface area contributed by atoms with E-state index in [1.807, 2.05) is 24.3 Å². The van der Waals surface area contributed by atoms with Gasteiger partial charge < -0.3 is 35.0 Å². The third-order valence-corrected chi connectivity index (χ3v) is 3.81. The van der Waals surface area contributed by atoms with Crippen LogP contribution >= 0.6 is 0 Å². The van der Waals surface area contributed by atoms with Crippen LogP contribution in [0.25, 0.3) is 0 Å². The topological polar surface area (TPSA) is 96.6 Å². The minimum absolute atomic E-state index is 0. The number of hydrogen-bond acceptors (Lipinski definition) is 6. The summed E-state index contributed by atoms with van der Waals surface area (Å²) in [5.74, 6) is 1.14. The van der Waals surface area contributed by atoms with Gasteiger partial charge in [-0.2, -0.15) is 0 Å². The summed E-state index contributed by atoms with van der Waals surface area (Å²) in [6, 6.07) is 24.4. The number of nitrogens with zero attached hydrogens (tertiary/aromatic N) is 4. The first-order chi connectivity index (χ1) is 14.7. The molecule has 164 valence electrons. The number of halogens is 2. The van der Waals surface area contributed by atoms with Gasteiger partial charge in [-0.3, -0.25) is 0 Å². The molecule has 0 fully saturated rings. The van der Waals surface area contributed by atoms with Crippen LogP contribution in [0.2, 0.25) is 0 Å². The van der Waals surface area contributed by atoms with Gasteiger partial charge in [0, 0.05) is 24.8 Å². The van der Waals surface area contributed by atoms with Gasteiger partial charge in [-0.1, -0.05) is 60.7 Å². The van der Waals surface area contributed by atoms with Crippen molar-refractivity contribution in [2.45, 2.75) is 0 Å². The predicted molar refractivity (Wildman–Crippen MR) is 115 cm³/mol. The Balaban J connectivity index is 0.000000569. The summed E-state index contributed by atoms with van der Waals surface area (Å²) in [6.07, 6.45) is 6.39. The Morgan fingerprint density at radius 3 is 1.24 bits per heavy atom. The third kappa shape index (κ3) is 10.4. The van der Waals surface area contributed by atoms with Crippen molar-refractivity contribution < 1.29 is 56.7 Å². The van der Waals surface area contributed by atoms with E-state index >= 15 is 0 Å². The molecule has 0 bridgehead atoms. The van der Waals surface area contributed by atoms with Crippen LogP contribution in [0, 0.1) is 0 Å². The second-order valence-electron chi connectivity index (χ2n) is 5.97. The van der Waals surface area contributed by atoms with Gasteiger partial charge in [-0.15, -0.1) is 11.5 Å². The molecule has 0 unspecified atom stereocenters. The van der Waals surface area contributed by atoms with Crippen LogP contribution in [0.5, 0.6) is 11.5 Å². The summed E-state index contributed by atoms with van der Waals surface area (Å²) in [6.45, 7) is 0. The molecule has 33 heavy (non-hydrogen) atoms. The molecule has 0 aliphatic rings. The number of benzene rings is 2. The van der Waals surface area contributed by atoms with E-state index in [0.717, 1.165) is 0 Å². The zero-order chi connectivity index (χ0) is 21.0. The molecule has 4 aromatic rings. The van der Waals surface area contributed by atoms with Crippen molar-refractivity contribution in [1.82, 2.24) is 9.97 Å². The zero-order valence-corrected chi connectivity index (χ0v) is 20.3. The summed E-state index contributed by atoms with van der Waals surface area (Å²) in [5.41, 5.74) is 1.14. The molecule has 0 amide bonds. The number of hydrogen-bond donors (Lipinski definition) is 0. The van der Waals surface area contributed by atoms with Crippen molar-refractivity contribution in [1.29, 1.82) is 0 Å². The molecule has 0 atom stereocenters. The van der Waals surface area contributed by atoms with Crippen LogP contribution in [-0.4, -0.2) is 22.4 Å². The quantitative estimate of drug-likeness (QED) is 0.229. The Labute approximate surface area is 219 Å². The van der Waals surface area contributed by atoms with E-state index in [9.17, 15) is 10.2 Å². The van der Waals surface area contributed by atoms with Gasteiger partial charge in [0.25, 0.3) is 0 Å². The molecule has 2 aromatic carbocycles. The molecule has 0 radical (unpaired) electrons. The minimum Gasteiger partial charge on any atom is -1.00 e. The molecule has 6 nitrogen and oxygen atoms in total. The number of aromatic nitrogens is 2. The fraction of sp³-hybridized carbons (Fsp3) is 0. The zero-order valence-electron chi connectivity index (χ0n) is 17.3. The monoisotopic (exact) mass is 512 g/mol. The van der Waals surface area contributed by atoms with Crippen LogP contribution in [0.4, 0.5) is 11.6 Å². The molecule has 2 heterocycles. The molecule has 0 aliphatic carbocycles. The second kappa shape index (κ2) is 16.6. The van der Waals surface area contributed by atoms with Crippen molar-refractivity contribution in [2.75, 3.05) is 0 Å². The Kier molecular flexibility index (Phi) is 15.1. The summed E-state index contributed by atoms with van der Waals surface area (Å²) in [4.78, 5) is 16.2. The summed E-state index contributed by atoms with van der Waals surface area (Å²) < 4.78 is 0. The number of rotatable bonds is 4. The molecule has 0 aliphatic heterocycles. The van der Waals surface area contributed by atoms with Gasteiger partial charge in [-0.05, 0) is 35.4 Å². The maximum absolute atomic E-state index is 11.3. The van der Waals surface area contributed by atoms with Crippen molar-refractivity contribution in [3.05, 3.63) is 108 Å². The van der Waals surface area contributed by atoms with Crippen LogP contribution in [0.3, 0.4) is 0 Å². The maximum atomic E-state index is 11.3. The fourth-order valence-corrected chi connectivity index (χ4v) is 2.31. The van der Waals surface area contributed by atoms with E-state index in [-0.39, 0.29) is 58.0 Å². The van der Waals surface area contributed by atoms with Crippen LogP contribution < -0.4 is 35.0 Å². The Bertz CT molecular complexity index is 1040. The maximum Gasteiger partial charge on any atom is 4.00 e. The van der Waals surface area contributed by atoms with Crippen molar-refractivity contribution >= 4 is 24.1 Å². The molecule has 2 aromatic heterocycles. The number of para-hydroxylation sites is 2. The van der Waals surface area contributed by atoms with Gasteiger partial charge in [-0.25, -0.2) is 20.0 Å². The Hall–Kier alpha value is -3.03. The molecule has 0 spiro atoms. The first-order valence-electron chi connectivity index (χ1n) is 9.14. The summed E-state index contributed by atoms with van der Waals surface area (Å²) in [7, 11) is 0. The average Bonchev–Trinajstić information content (AvgIpc) is 2.80. The summed E-state index contributed by atoms with van der Waals surface area (Å²) >= 11 is 0. The standard InChI is InChI=1S/2C12H10N2O.2ClH.Ti/c2*15-11-6-2-1-5-10(11)9-14-12-7-3-4-8-13-12;;;/h2*1-9,15H;2*1H;/q;;;;+4/p-4/b2*14-9+;;;. The van der Waals surface area contributed by atoms with E-state index in [1.165, 1.54) is 24.6 Å². The van der Waals surface area contributed by atoms with E-state index in [2.05, 4.69) is 20.0 Å². The van der Waals surface area contributed by atoms with Gasteiger partial charge in [0.15, 0.2) is 11.6 Å². The molecular formula is C24H18Cl2N4O2Ti. The van der Waals surface area contributed by atoms with Gasteiger partial charge in [0.05, 0.1) is 0 Å². The van der Waals surface area contributed by atoms with Crippen molar-refractivity contribution in [3.8, 4) is 11.5 Å². The Morgan fingerprint density at radius 2 is 0.909 bits per heavy atom. The Morgan fingerprint density at radius 1 is 0.545 bits per heavy atom. The number of pyridine rings is 2. The fourth-order valence-electron chi connectivity index (χ4n) is 2.31. The predicted octanol–water partition coefficient (Wildman–Crippen LogP) is -2.18. The molecule has 0 saturated heterocycles. The molecule has 4 rings (SSSR count). The third-order valence-electron chi connectivity index (χ3n) is 3.81. The largest absolute Gasteiger partial charge is 4.00 e. The molecule has 9 heteroatoms. The van der Waals surface area contributed by atoms with Gasteiger partial charge >= 0.3 is 21.7 Å². The first kappa shape index (κ1) is 30.0. The van der Waals surface area contributed by atoms with Crippen molar-refractivity contribution in [2.24, 2.45) is 9.98 Å². The van der Waals surface area contributed by atoms with Gasteiger partial charge in [0.1, 0.15) is 0 Å². The van der Waals surface area contributed by atoms with Crippen LogP contribution in [0.15, 0.2) is 107 Å². The van der Waals surface area contributed by atoms with Crippen LogP contribution in [0.1, 0.15) is 11.1 Å². The smallest absolute Gasteiger partial charge is 1.00 e. The molecule has 0 saturated carbocycles. The van der Waals surface area contributed by atoms with E-state index < -0.39 is 0 Å². The van der Waals surface area contributed by atoms with E-state index in [0.29, 0.717) is 22.8 Å². The van der Waals surface area contributed by atoms with Crippen LogP contribution in [-0.2, 0) is 21.7 Å². The summed E-state index contributed by atoms with van der Waals surface area (Å²) in [5, 5.41) is 22.7. The number of aliphatic imine (C=N–C) groups is 2.